The topological polar surface area (TPSA) is 195 Å². The zero-order valence-corrected chi connectivity index (χ0v) is 27.7. The highest BCUT2D eigenvalue weighted by Crippen LogP contribution is 2.37. The summed E-state index contributed by atoms with van der Waals surface area (Å²) in [6.45, 7) is 12.6. The molecule has 250 valence electrons. The number of phenols is 1. The maximum atomic E-state index is 13.8. The lowest BCUT2D eigenvalue weighted by Crippen LogP contribution is -2.45. The van der Waals surface area contributed by atoms with Gasteiger partial charge in [0, 0.05) is 51.9 Å². The second kappa shape index (κ2) is 14.5. The number of allylic oxidation sites excluding steroid dienone is 4. The van der Waals surface area contributed by atoms with Crippen LogP contribution in [-0.2, 0) is 4.79 Å². The van der Waals surface area contributed by atoms with E-state index in [0.29, 0.717) is 0 Å². The van der Waals surface area contributed by atoms with Gasteiger partial charge in [-0.25, -0.2) is 0 Å². The molecule has 1 aromatic carbocycles. The lowest BCUT2D eigenvalue weighted by Gasteiger charge is -2.36. The number of carbonyl (C=O) groups excluding carboxylic acids is 4. The Morgan fingerprint density at radius 3 is 1.74 bits per heavy atom. The number of aliphatic hydroxyl groups is 4. The Kier molecular flexibility index (Phi) is 11.6. The Bertz CT molecular complexity index is 1530. The molecular weight excluding hydrogens is 590 g/mol. The molecule has 0 aliphatic heterocycles. The number of hydrogen-bond acceptors (Lipinski definition) is 10. The molecule has 0 aromatic heterocycles. The number of aryl methyl sites for hydroxylation is 1. The molecule has 0 heterocycles. The summed E-state index contributed by atoms with van der Waals surface area (Å²) >= 11 is 0. The smallest absolute Gasteiger partial charge is 0.192 e. The highest BCUT2D eigenvalue weighted by molar-refractivity contribution is 6.32. The van der Waals surface area contributed by atoms with Gasteiger partial charge in [0.1, 0.15) is 5.75 Å². The molecule has 1 unspecified atom stereocenters. The SMILES string of the molecule is CC1=CC=CC(C)[C@@H](O)[C@H](C)[C@@H](O)[C@H](C)[C@H](O)[C@@H](C)[C@@H](O)[C@@H](C)C=CC(=O)c2c(O)c(C)cc3c2C(=O)C(C)=C(C3=O)[C@H](N)C1=O. The summed E-state index contributed by atoms with van der Waals surface area (Å²) in [5.41, 5.74) is 5.48. The number of Topliss-reactive ketones (excluding diaryl/α,β-unsaturated/α-hetero) is 3. The zero-order chi connectivity index (χ0) is 34.9. The van der Waals surface area contributed by atoms with E-state index >= 15 is 0 Å². The first-order valence-electron chi connectivity index (χ1n) is 15.6. The van der Waals surface area contributed by atoms with Crippen LogP contribution in [0.1, 0.15) is 85.1 Å². The summed E-state index contributed by atoms with van der Waals surface area (Å²) in [7, 11) is 0. The molecule has 0 saturated carbocycles. The number of benzene rings is 1. The van der Waals surface area contributed by atoms with Gasteiger partial charge in [-0.05, 0) is 44.1 Å². The van der Waals surface area contributed by atoms with E-state index in [1.807, 2.05) is 0 Å². The third kappa shape index (κ3) is 6.91. The second-order valence-electron chi connectivity index (χ2n) is 13.1. The van der Waals surface area contributed by atoms with Crippen LogP contribution in [0.15, 0.2) is 53.2 Å². The molecule has 4 rings (SSSR count). The van der Waals surface area contributed by atoms with Crippen LogP contribution in [0.25, 0.3) is 0 Å². The molecule has 7 N–H and O–H groups in total. The van der Waals surface area contributed by atoms with Gasteiger partial charge >= 0.3 is 0 Å². The van der Waals surface area contributed by atoms with Crippen molar-refractivity contribution in [3.8, 4) is 5.75 Å². The van der Waals surface area contributed by atoms with Crippen molar-refractivity contribution >= 4 is 23.1 Å². The van der Waals surface area contributed by atoms with E-state index < -0.39 is 88.9 Å². The molecular formula is C36H47NO9. The maximum Gasteiger partial charge on any atom is 0.192 e. The summed E-state index contributed by atoms with van der Waals surface area (Å²) in [5, 5.41) is 55.1. The monoisotopic (exact) mass is 637 g/mol. The Balaban J connectivity index is 2.20. The quantitative estimate of drug-likeness (QED) is 0.246. The van der Waals surface area contributed by atoms with Gasteiger partial charge < -0.3 is 31.3 Å². The number of carbonyl (C=O) groups is 4. The second-order valence-corrected chi connectivity index (χ2v) is 13.1. The standard InChI is InChI=1S/C36H47NO9/c1-15-10-9-11-16(2)32(42)28(37)25-19(5)35(45)26-23(36(25)46)14-18(4)31(41)27(26)24(38)13-12-17(3)30(40)21(7)34(44)22(8)33(43)20(6)29(15)39/h9-15,17,20-22,28-30,33-34,39-41,43-44H,37H2,1-8H3/t15?,17-,20-,21-,22-,28-,29+,30-,33+,34+/m0/s1. The number of nitrogens with two attached hydrogens (primary N) is 1. The number of rotatable bonds is 0. The van der Waals surface area contributed by atoms with Crippen molar-refractivity contribution in [1.29, 1.82) is 0 Å². The van der Waals surface area contributed by atoms with E-state index in [2.05, 4.69) is 0 Å². The highest BCUT2D eigenvalue weighted by Gasteiger charge is 2.40. The van der Waals surface area contributed by atoms with Gasteiger partial charge in [0.05, 0.1) is 36.0 Å². The van der Waals surface area contributed by atoms with Gasteiger partial charge in [-0.15, -0.1) is 0 Å². The third-order valence-electron chi connectivity index (χ3n) is 9.80. The van der Waals surface area contributed by atoms with Crippen LogP contribution in [-0.4, -0.2) is 79.1 Å². The van der Waals surface area contributed by atoms with Gasteiger partial charge in [-0.1, -0.05) is 58.9 Å². The van der Waals surface area contributed by atoms with Crippen LogP contribution < -0.4 is 5.73 Å². The Morgan fingerprint density at radius 2 is 1.20 bits per heavy atom. The van der Waals surface area contributed by atoms with Crippen molar-refractivity contribution in [1.82, 2.24) is 0 Å². The van der Waals surface area contributed by atoms with Crippen molar-refractivity contribution in [2.45, 2.75) is 85.8 Å². The minimum absolute atomic E-state index is 0.119. The van der Waals surface area contributed by atoms with Crippen molar-refractivity contribution < 1.29 is 44.7 Å². The molecule has 0 radical (unpaired) electrons. The lowest BCUT2D eigenvalue weighted by molar-refractivity contribution is -0.116. The van der Waals surface area contributed by atoms with Gasteiger partial charge in [-0.2, -0.15) is 0 Å². The first-order chi connectivity index (χ1) is 21.3. The van der Waals surface area contributed by atoms with Crippen molar-refractivity contribution in [2.75, 3.05) is 0 Å². The van der Waals surface area contributed by atoms with Crippen molar-refractivity contribution in [3.63, 3.8) is 0 Å². The molecule has 0 amide bonds. The number of aromatic hydroxyl groups is 1. The van der Waals surface area contributed by atoms with Crippen molar-refractivity contribution in [3.05, 3.63) is 75.4 Å². The Morgan fingerprint density at radius 1 is 0.696 bits per heavy atom. The molecule has 0 saturated heterocycles. The average Bonchev–Trinajstić information content (AvgIpc) is 3.03. The third-order valence-corrected chi connectivity index (χ3v) is 9.80. The molecule has 46 heavy (non-hydrogen) atoms. The van der Waals surface area contributed by atoms with Gasteiger partial charge in [0.2, 0.25) is 0 Å². The summed E-state index contributed by atoms with van der Waals surface area (Å²) in [4.78, 5) is 54.4. The van der Waals surface area contributed by atoms with Gasteiger partial charge in [-0.3, -0.25) is 19.2 Å². The molecule has 0 fully saturated rings. The molecule has 0 spiro atoms. The van der Waals surface area contributed by atoms with E-state index in [0.717, 1.165) is 6.08 Å². The average molecular weight is 638 g/mol. The largest absolute Gasteiger partial charge is 0.507 e. The van der Waals surface area contributed by atoms with Crippen LogP contribution >= 0.6 is 0 Å². The van der Waals surface area contributed by atoms with Gasteiger partial charge in [0.15, 0.2) is 23.1 Å². The summed E-state index contributed by atoms with van der Waals surface area (Å²) < 4.78 is 0. The van der Waals surface area contributed by atoms with E-state index in [-0.39, 0.29) is 39.0 Å². The number of aliphatic hydroxyl groups excluding tert-OH is 4. The van der Waals surface area contributed by atoms with E-state index in [9.17, 15) is 44.7 Å². The molecule has 1 aromatic rings. The van der Waals surface area contributed by atoms with Crippen LogP contribution in [0.5, 0.6) is 5.75 Å². The molecule has 10 nitrogen and oxygen atoms in total. The molecule has 3 aliphatic carbocycles. The number of hydrogen-bond donors (Lipinski definition) is 6. The molecule has 10 heteroatoms. The normalized spacial score (nSPS) is 33.9. The summed E-state index contributed by atoms with van der Waals surface area (Å²) in [6.07, 6.45) is 2.66. The Hall–Kier alpha value is -3.54. The number of phenolic OH excluding ortho intramolecular Hbond substituents is 1. The fourth-order valence-corrected chi connectivity index (χ4v) is 6.37. The van der Waals surface area contributed by atoms with E-state index in [4.69, 9.17) is 5.73 Å². The van der Waals surface area contributed by atoms with Crippen molar-refractivity contribution in [2.24, 2.45) is 35.3 Å². The molecule has 3 aliphatic rings. The first-order valence-corrected chi connectivity index (χ1v) is 15.6. The summed E-state index contributed by atoms with van der Waals surface area (Å²) in [6, 6.07) is -0.194. The van der Waals surface area contributed by atoms with Crippen LogP contribution in [0.3, 0.4) is 0 Å². The predicted octanol–water partition coefficient (Wildman–Crippen LogP) is 3.17. The first kappa shape index (κ1) is 36.9. The summed E-state index contributed by atoms with van der Waals surface area (Å²) in [5.74, 6) is -6.66. The zero-order valence-electron chi connectivity index (χ0n) is 27.7. The minimum Gasteiger partial charge on any atom is -0.507 e. The number of ketones is 4. The van der Waals surface area contributed by atoms with Gasteiger partial charge in [0.25, 0.3) is 0 Å². The van der Waals surface area contributed by atoms with Crippen LogP contribution in [0.4, 0.5) is 0 Å². The molecule has 10 atom stereocenters. The van der Waals surface area contributed by atoms with Crippen LogP contribution in [0, 0.1) is 36.5 Å². The Labute approximate surface area is 270 Å². The van der Waals surface area contributed by atoms with E-state index in [1.165, 1.54) is 39.0 Å². The highest BCUT2D eigenvalue weighted by atomic mass is 16.3. The molecule has 4 bridgehead atoms. The minimum atomic E-state index is -1.49. The van der Waals surface area contributed by atoms with E-state index in [1.54, 1.807) is 46.8 Å². The van der Waals surface area contributed by atoms with Crippen LogP contribution in [0.2, 0.25) is 0 Å². The lowest BCUT2D eigenvalue weighted by atomic mass is 9.76. The fourth-order valence-electron chi connectivity index (χ4n) is 6.37. The fraction of sp³-hybridized carbons (Fsp3) is 0.500. The number of fused-ring (bicyclic) bond motifs is 15. The predicted molar refractivity (Wildman–Crippen MR) is 173 cm³/mol. The maximum absolute atomic E-state index is 13.8.